The van der Waals surface area contributed by atoms with Gasteiger partial charge >= 0.3 is 0 Å². The summed E-state index contributed by atoms with van der Waals surface area (Å²) in [6, 6.07) is 44.2. The maximum absolute atomic E-state index is 5.30. The van der Waals surface area contributed by atoms with Gasteiger partial charge in [-0.25, -0.2) is 9.97 Å². The van der Waals surface area contributed by atoms with Crippen molar-refractivity contribution in [1.82, 2.24) is 9.97 Å². The van der Waals surface area contributed by atoms with Crippen LogP contribution in [0.5, 0.6) is 0 Å². The van der Waals surface area contributed by atoms with Gasteiger partial charge in [-0.3, -0.25) is 0 Å². The first-order valence-corrected chi connectivity index (χ1v) is 15.5. The molecule has 0 atom stereocenters. The first kappa shape index (κ1) is 25.4. The van der Waals surface area contributed by atoms with Crippen LogP contribution in [0.2, 0.25) is 0 Å². The smallest absolute Gasteiger partial charge is 0.0973 e. The van der Waals surface area contributed by atoms with Crippen LogP contribution in [-0.4, -0.2) is 9.97 Å². The fraction of sp³-hybridized carbons (Fsp3) is 0.143. The van der Waals surface area contributed by atoms with Gasteiger partial charge in [0.2, 0.25) is 0 Å². The highest BCUT2D eigenvalue weighted by Crippen LogP contribution is 2.52. The van der Waals surface area contributed by atoms with E-state index in [1.807, 2.05) is 12.1 Å². The van der Waals surface area contributed by atoms with E-state index < -0.39 is 0 Å². The Balaban J connectivity index is 1.25. The van der Waals surface area contributed by atoms with Gasteiger partial charge < -0.3 is 0 Å². The molecule has 44 heavy (non-hydrogen) atoms. The molecule has 0 radical (unpaired) electrons. The molecule has 7 aromatic rings. The molecule has 1 heterocycles. The topological polar surface area (TPSA) is 25.8 Å². The van der Waals surface area contributed by atoms with E-state index >= 15 is 0 Å². The van der Waals surface area contributed by atoms with Gasteiger partial charge in [0.05, 0.1) is 22.4 Å². The van der Waals surface area contributed by atoms with Gasteiger partial charge in [0.25, 0.3) is 0 Å². The number of para-hydroxylation sites is 2. The second kappa shape index (κ2) is 8.74. The summed E-state index contributed by atoms with van der Waals surface area (Å²) in [5.41, 5.74) is 16.4. The summed E-state index contributed by atoms with van der Waals surface area (Å²) in [6.07, 6.45) is 0. The van der Waals surface area contributed by atoms with Crippen molar-refractivity contribution >= 4 is 21.8 Å². The molecular formula is C42H32N2. The van der Waals surface area contributed by atoms with Gasteiger partial charge in [-0.2, -0.15) is 0 Å². The number of benzene rings is 6. The number of hydrogen-bond donors (Lipinski definition) is 0. The Morgan fingerprint density at radius 2 is 0.841 bits per heavy atom. The largest absolute Gasteiger partial charge is 0.244 e. The minimum Gasteiger partial charge on any atom is -0.244 e. The van der Waals surface area contributed by atoms with Crippen LogP contribution in [0.15, 0.2) is 121 Å². The number of rotatable bonds is 2. The molecule has 0 spiro atoms. The fourth-order valence-corrected chi connectivity index (χ4v) is 7.82. The molecule has 6 aromatic carbocycles. The van der Waals surface area contributed by atoms with Gasteiger partial charge in [0.15, 0.2) is 0 Å². The lowest BCUT2D eigenvalue weighted by Gasteiger charge is -2.23. The molecule has 0 N–H and O–H groups in total. The summed E-state index contributed by atoms with van der Waals surface area (Å²) < 4.78 is 0. The highest BCUT2D eigenvalue weighted by Gasteiger charge is 2.37. The predicted molar refractivity (Wildman–Crippen MR) is 183 cm³/mol. The first-order chi connectivity index (χ1) is 21.3. The Bertz CT molecular complexity index is 2340. The maximum Gasteiger partial charge on any atom is 0.0973 e. The Labute approximate surface area is 258 Å². The average Bonchev–Trinajstić information content (AvgIpc) is 3.41. The summed E-state index contributed by atoms with van der Waals surface area (Å²) in [5, 5.41) is 2.57. The molecule has 9 rings (SSSR count). The molecule has 210 valence electrons. The Hall–Kier alpha value is -5.08. The molecule has 0 fully saturated rings. The van der Waals surface area contributed by atoms with E-state index in [4.69, 9.17) is 9.97 Å². The first-order valence-electron chi connectivity index (χ1n) is 15.5. The van der Waals surface area contributed by atoms with Crippen LogP contribution in [0.4, 0.5) is 0 Å². The number of fused-ring (bicyclic) bond motifs is 8. The molecule has 2 aliphatic rings. The van der Waals surface area contributed by atoms with Crippen molar-refractivity contribution in [2.75, 3.05) is 0 Å². The average molecular weight is 565 g/mol. The van der Waals surface area contributed by atoms with Crippen molar-refractivity contribution in [3.63, 3.8) is 0 Å². The molecule has 0 amide bonds. The molecule has 2 nitrogen and oxygen atoms in total. The van der Waals surface area contributed by atoms with Gasteiger partial charge in [0.1, 0.15) is 0 Å². The third-order valence-corrected chi connectivity index (χ3v) is 10.2. The molecule has 0 aliphatic heterocycles. The van der Waals surface area contributed by atoms with Crippen LogP contribution in [0.3, 0.4) is 0 Å². The van der Waals surface area contributed by atoms with E-state index in [0.29, 0.717) is 0 Å². The fourth-order valence-electron chi connectivity index (χ4n) is 7.82. The lowest BCUT2D eigenvalue weighted by Crippen LogP contribution is -2.15. The third kappa shape index (κ3) is 3.43. The highest BCUT2D eigenvalue weighted by atomic mass is 14.8. The van der Waals surface area contributed by atoms with E-state index in [1.165, 1.54) is 55.3 Å². The number of aromatic nitrogens is 2. The van der Waals surface area contributed by atoms with Crippen molar-refractivity contribution in [3.05, 3.63) is 144 Å². The predicted octanol–water partition coefficient (Wildman–Crippen LogP) is 10.7. The van der Waals surface area contributed by atoms with Crippen molar-refractivity contribution in [2.24, 2.45) is 0 Å². The summed E-state index contributed by atoms with van der Waals surface area (Å²) in [5.74, 6) is 0. The molecule has 0 saturated heterocycles. The van der Waals surface area contributed by atoms with Gasteiger partial charge in [-0.1, -0.05) is 113 Å². The normalized spacial score (nSPS) is 15.2. The van der Waals surface area contributed by atoms with Crippen LogP contribution in [0.1, 0.15) is 49.9 Å². The lowest BCUT2D eigenvalue weighted by molar-refractivity contribution is 0.660. The number of nitrogens with zero attached hydrogens (tertiary/aromatic N) is 2. The summed E-state index contributed by atoms with van der Waals surface area (Å²) in [6.45, 7) is 9.36. The summed E-state index contributed by atoms with van der Waals surface area (Å²) in [4.78, 5) is 10.6. The van der Waals surface area contributed by atoms with Crippen LogP contribution in [0.25, 0.3) is 66.6 Å². The van der Waals surface area contributed by atoms with E-state index in [0.717, 1.165) is 33.5 Å². The van der Waals surface area contributed by atoms with Crippen molar-refractivity contribution in [3.8, 4) is 44.8 Å². The van der Waals surface area contributed by atoms with E-state index in [1.54, 1.807) is 0 Å². The number of hydrogen-bond acceptors (Lipinski definition) is 2. The molecule has 0 bridgehead atoms. The quantitative estimate of drug-likeness (QED) is 0.209. The van der Waals surface area contributed by atoms with Crippen LogP contribution in [-0.2, 0) is 10.8 Å². The Kier molecular flexibility index (Phi) is 5.05. The molecule has 2 aliphatic carbocycles. The van der Waals surface area contributed by atoms with Gasteiger partial charge in [0, 0.05) is 22.0 Å². The van der Waals surface area contributed by atoms with Crippen LogP contribution in [0, 0.1) is 0 Å². The standard InChI is InChI=1S/C42H32N2/c1-41(2)33-14-8-7-13-29(33)30-19-17-27(23-34(30)41)39-40(44-38-16-10-9-15-37(38)43-39)28-18-20-31-32-21-25-11-5-6-12-26(25)22-36(32)42(3,4)35(31)24-28/h5-24H,1-4H3. The van der Waals surface area contributed by atoms with Crippen LogP contribution < -0.4 is 0 Å². The summed E-state index contributed by atoms with van der Waals surface area (Å²) in [7, 11) is 0. The minimum absolute atomic E-state index is 0.0840. The molecule has 2 heteroatoms. The molecule has 1 aromatic heterocycles. The zero-order chi connectivity index (χ0) is 29.8. The van der Waals surface area contributed by atoms with Gasteiger partial charge in [-0.15, -0.1) is 0 Å². The van der Waals surface area contributed by atoms with Crippen molar-refractivity contribution in [2.45, 2.75) is 38.5 Å². The second-order valence-corrected chi connectivity index (χ2v) is 13.5. The Morgan fingerprint density at radius 1 is 0.386 bits per heavy atom. The maximum atomic E-state index is 5.30. The minimum atomic E-state index is -0.126. The summed E-state index contributed by atoms with van der Waals surface area (Å²) >= 11 is 0. The van der Waals surface area contributed by atoms with E-state index in [-0.39, 0.29) is 10.8 Å². The zero-order valence-corrected chi connectivity index (χ0v) is 25.4. The molecular weight excluding hydrogens is 532 g/mol. The lowest BCUT2D eigenvalue weighted by atomic mass is 9.81. The van der Waals surface area contributed by atoms with Crippen molar-refractivity contribution < 1.29 is 0 Å². The van der Waals surface area contributed by atoms with Crippen molar-refractivity contribution in [1.29, 1.82) is 0 Å². The van der Waals surface area contributed by atoms with E-state index in [2.05, 4.69) is 137 Å². The van der Waals surface area contributed by atoms with E-state index in [9.17, 15) is 0 Å². The third-order valence-electron chi connectivity index (χ3n) is 10.2. The van der Waals surface area contributed by atoms with Gasteiger partial charge in [-0.05, 0) is 91.7 Å². The highest BCUT2D eigenvalue weighted by molar-refractivity contribution is 5.95. The molecule has 0 unspecified atom stereocenters. The van der Waals surface area contributed by atoms with Crippen LogP contribution >= 0.6 is 0 Å². The Morgan fingerprint density at radius 3 is 1.48 bits per heavy atom. The zero-order valence-electron chi connectivity index (χ0n) is 25.4. The monoisotopic (exact) mass is 564 g/mol. The molecule has 0 saturated carbocycles. The SMILES string of the molecule is CC1(C)c2ccccc2-c2ccc(-c3nc4ccccc4nc3-c3ccc4c(c3)C(C)(C)c3cc5ccccc5cc3-4)cc21. The second-order valence-electron chi connectivity index (χ2n) is 13.5.